The lowest BCUT2D eigenvalue weighted by Crippen LogP contribution is -2.56. The van der Waals surface area contributed by atoms with E-state index in [0.717, 1.165) is 0 Å². The number of amides is 1. The Bertz CT molecular complexity index is 1530. The smallest absolute Gasteiger partial charge is 0.235 e. The first-order valence-corrected chi connectivity index (χ1v) is 14.0. The second kappa shape index (κ2) is 11.5. The van der Waals surface area contributed by atoms with Gasteiger partial charge in [-0.2, -0.15) is 0 Å². The molecule has 0 aromatic heterocycles. The van der Waals surface area contributed by atoms with Crippen molar-refractivity contribution in [3.05, 3.63) is 51.6 Å². The molecule has 6 N–H and O–H groups in total. The molecule has 1 saturated heterocycles. The van der Waals surface area contributed by atoms with Gasteiger partial charge in [-0.3, -0.25) is 19.2 Å². The molecule has 4 unspecified atom stereocenters. The molecule has 0 spiro atoms. The van der Waals surface area contributed by atoms with Gasteiger partial charge in [0.25, 0.3) is 0 Å². The molecule has 1 aliphatic heterocycles. The highest BCUT2D eigenvalue weighted by molar-refractivity contribution is 6.31. The molecule has 0 radical (unpaired) electrons. The number of ether oxygens (including phenoxy) is 3. The molecular weight excluding hydrogens is 590 g/mol. The highest BCUT2D eigenvalue weighted by atomic mass is 35.5. The van der Waals surface area contributed by atoms with Gasteiger partial charge in [0.15, 0.2) is 17.9 Å². The van der Waals surface area contributed by atoms with Crippen molar-refractivity contribution >= 4 is 34.9 Å². The number of carbonyl (C=O) groups is 4. The lowest BCUT2D eigenvalue weighted by molar-refractivity contribution is -0.249. The molecule has 6 atom stereocenters. The summed E-state index contributed by atoms with van der Waals surface area (Å²) in [7, 11) is 1.31. The van der Waals surface area contributed by atoms with Crippen LogP contribution in [0.3, 0.4) is 0 Å². The van der Waals surface area contributed by atoms with E-state index in [1.807, 2.05) is 0 Å². The topological polar surface area (TPSA) is 209 Å². The van der Waals surface area contributed by atoms with E-state index in [1.54, 1.807) is 0 Å². The van der Waals surface area contributed by atoms with Crippen LogP contribution < -0.4 is 10.1 Å². The summed E-state index contributed by atoms with van der Waals surface area (Å²) in [6.07, 6.45) is -5.90. The normalized spacial score (nSPS) is 28.0. The molecule has 2 aliphatic carbocycles. The summed E-state index contributed by atoms with van der Waals surface area (Å²) in [5, 5.41) is 57.0. The number of halogens is 1. The Morgan fingerprint density at radius 1 is 1.14 bits per heavy atom. The fraction of sp³-hybridized carbons (Fsp3) is 0.448. The Labute approximate surface area is 249 Å². The van der Waals surface area contributed by atoms with E-state index in [2.05, 4.69) is 5.32 Å². The zero-order chi connectivity index (χ0) is 31.4. The van der Waals surface area contributed by atoms with Crippen molar-refractivity contribution in [3.8, 4) is 17.2 Å². The minimum absolute atomic E-state index is 0.0713. The van der Waals surface area contributed by atoms with E-state index in [1.165, 1.54) is 32.2 Å². The lowest BCUT2D eigenvalue weighted by atomic mass is 9.72. The molecule has 2 aromatic rings. The van der Waals surface area contributed by atoms with Crippen molar-refractivity contribution in [2.75, 3.05) is 19.6 Å². The summed E-state index contributed by atoms with van der Waals surface area (Å²) in [4.78, 5) is 52.0. The molecule has 2 aromatic carbocycles. The third kappa shape index (κ3) is 5.05. The monoisotopic (exact) mass is 619 g/mol. The van der Waals surface area contributed by atoms with Crippen molar-refractivity contribution in [3.63, 3.8) is 0 Å². The summed E-state index contributed by atoms with van der Waals surface area (Å²) in [5.74, 6) is -4.92. The summed E-state index contributed by atoms with van der Waals surface area (Å²) in [6, 6.07) is 3.45. The maximum Gasteiger partial charge on any atom is 0.235 e. The number of phenolic OH excluding ortho intramolecular Hbond substituents is 2. The third-order valence-electron chi connectivity index (χ3n) is 8.23. The summed E-state index contributed by atoms with van der Waals surface area (Å²) in [6.45, 7) is 0.464. The number of alkyl halides is 1. The molecular formula is C29H30ClNO12. The van der Waals surface area contributed by atoms with Crippen molar-refractivity contribution in [2.24, 2.45) is 0 Å². The summed E-state index contributed by atoms with van der Waals surface area (Å²) in [5.41, 5.74) is -3.93. The molecule has 0 saturated carbocycles. The molecule has 3 aliphatic rings. The fourth-order valence-corrected chi connectivity index (χ4v) is 6.18. The number of aromatic hydroxyl groups is 2. The number of rotatable bonds is 7. The minimum atomic E-state index is -2.31. The molecule has 13 nitrogen and oxygen atoms in total. The number of methoxy groups -OCH3 is 1. The zero-order valence-electron chi connectivity index (χ0n) is 23.1. The average Bonchev–Trinajstić information content (AvgIpc) is 2.98. The fourth-order valence-electron chi connectivity index (χ4n) is 6.10. The number of benzene rings is 2. The van der Waals surface area contributed by atoms with Crippen molar-refractivity contribution in [2.45, 2.75) is 62.4 Å². The van der Waals surface area contributed by atoms with Crippen LogP contribution in [0, 0.1) is 0 Å². The minimum Gasteiger partial charge on any atom is -0.507 e. The van der Waals surface area contributed by atoms with Gasteiger partial charge in [-0.15, -0.1) is 11.6 Å². The Morgan fingerprint density at radius 3 is 2.49 bits per heavy atom. The molecule has 1 heterocycles. The second-order valence-corrected chi connectivity index (χ2v) is 11.1. The molecule has 0 bridgehead atoms. The number of ketones is 3. The average molecular weight is 620 g/mol. The standard InChI is InChI=1S/C29H30ClNO12/c1-11-24(35)14(31-18(34)9-30)6-19(42-11)43-16-8-29(40,17(33)10-32)7-13-21(16)28(39)23-22(26(13)37)25(36)12-4-3-5-15(41-2)20(12)27(23)38/h3-5,11,14,16,19,24,32,35,37,39-40H,6-10H2,1-2H3,(H,31,34)/t11?,14?,16-,19?,24?,29+/m0/s1. The van der Waals surface area contributed by atoms with Gasteiger partial charge >= 0.3 is 0 Å². The van der Waals surface area contributed by atoms with E-state index < -0.39 is 102 Å². The third-order valence-corrected chi connectivity index (χ3v) is 8.47. The Hall–Kier alpha value is -3.59. The van der Waals surface area contributed by atoms with Crippen LogP contribution in [0.2, 0.25) is 0 Å². The number of hydrogen-bond acceptors (Lipinski definition) is 12. The Kier molecular flexibility index (Phi) is 8.24. The maximum atomic E-state index is 13.7. The van der Waals surface area contributed by atoms with Crippen molar-refractivity contribution < 1.29 is 58.9 Å². The number of phenols is 2. The highest BCUT2D eigenvalue weighted by Gasteiger charge is 2.50. The number of aliphatic hydroxyl groups is 3. The number of aliphatic hydroxyl groups excluding tert-OH is 2. The van der Waals surface area contributed by atoms with Crippen molar-refractivity contribution in [1.29, 1.82) is 0 Å². The van der Waals surface area contributed by atoms with Gasteiger partial charge in [0.1, 0.15) is 41.4 Å². The predicted molar refractivity (Wildman–Crippen MR) is 146 cm³/mol. The summed E-state index contributed by atoms with van der Waals surface area (Å²) < 4.78 is 17.1. The number of fused-ring (bicyclic) bond motifs is 3. The first-order chi connectivity index (χ1) is 20.4. The molecule has 1 fully saturated rings. The van der Waals surface area contributed by atoms with Crippen LogP contribution in [0.15, 0.2) is 18.2 Å². The molecule has 14 heteroatoms. The largest absolute Gasteiger partial charge is 0.507 e. The van der Waals surface area contributed by atoms with Gasteiger partial charge in [-0.25, -0.2) is 0 Å². The van der Waals surface area contributed by atoms with E-state index in [-0.39, 0.29) is 40.3 Å². The van der Waals surface area contributed by atoms with Gasteiger partial charge in [-0.05, 0) is 13.0 Å². The highest BCUT2D eigenvalue weighted by Crippen LogP contribution is 2.52. The van der Waals surface area contributed by atoms with Gasteiger partial charge in [0.05, 0.1) is 42.0 Å². The van der Waals surface area contributed by atoms with Crippen LogP contribution >= 0.6 is 11.6 Å². The van der Waals surface area contributed by atoms with Crippen LogP contribution in [0.1, 0.15) is 68.8 Å². The number of carbonyl (C=O) groups excluding carboxylic acids is 4. The van der Waals surface area contributed by atoms with Gasteiger partial charge in [-0.1, -0.05) is 12.1 Å². The van der Waals surface area contributed by atoms with Crippen LogP contribution in [0.4, 0.5) is 0 Å². The van der Waals surface area contributed by atoms with E-state index in [0.29, 0.717) is 0 Å². The van der Waals surface area contributed by atoms with Crippen LogP contribution in [0.5, 0.6) is 17.2 Å². The number of nitrogens with one attached hydrogen (secondary N) is 1. The molecule has 230 valence electrons. The van der Waals surface area contributed by atoms with E-state index >= 15 is 0 Å². The molecule has 1 amide bonds. The first-order valence-electron chi connectivity index (χ1n) is 13.4. The second-order valence-electron chi connectivity index (χ2n) is 10.8. The van der Waals surface area contributed by atoms with Gasteiger partial charge in [0, 0.05) is 36.0 Å². The van der Waals surface area contributed by atoms with Crippen LogP contribution in [-0.2, 0) is 25.5 Å². The Balaban J connectivity index is 1.63. The van der Waals surface area contributed by atoms with Gasteiger partial charge < -0.3 is 45.1 Å². The number of hydrogen-bond donors (Lipinski definition) is 6. The predicted octanol–water partition coefficient (Wildman–Crippen LogP) is 0.398. The molecule has 5 rings (SSSR count). The summed E-state index contributed by atoms with van der Waals surface area (Å²) >= 11 is 5.59. The van der Waals surface area contributed by atoms with Gasteiger partial charge in [0.2, 0.25) is 11.7 Å². The van der Waals surface area contributed by atoms with Crippen LogP contribution in [-0.4, -0.2) is 98.5 Å². The molecule has 43 heavy (non-hydrogen) atoms. The van der Waals surface area contributed by atoms with Crippen LogP contribution in [0.25, 0.3) is 0 Å². The SMILES string of the molecule is COc1cccc2c1C(=O)c1c(O)c3c(c(O)c1C2=O)C[C@](O)(C(=O)CO)C[C@@H]3OC1CC(NC(=O)CCl)C(O)C(C)O1. The zero-order valence-corrected chi connectivity index (χ0v) is 23.9. The lowest BCUT2D eigenvalue weighted by Gasteiger charge is -2.42. The Morgan fingerprint density at radius 2 is 1.84 bits per heavy atom. The quantitative estimate of drug-likeness (QED) is 0.157. The van der Waals surface area contributed by atoms with E-state index in [9.17, 15) is 44.7 Å². The maximum absolute atomic E-state index is 13.7. The van der Waals surface area contributed by atoms with Crippen molar-refractivity contribution in [1.82, 2.24) is 5.32 Å². The first kappa shape index (κ1) is 30.9. The van der Waals surface area contributed by atoms with E-state index in [4.69, 9.17) is 25.8 Å². The number of Topliss-reactive ketones (excluding diaryl/α,β-unsaturated/α-hetero) is 1.